The topological polar surface area (TPSA) is 86.7 Å². The van der Waals surface area contributed by atoms with E-state index in [9.17, 15) is 14.4 Å². The van der Waals surface area contributed by atoms with Crippen LogP contribution in [0.4, 0.5) is 0 Å². The van der Waals surface area contributed by atoms with Crippen molar-refractivity contribution in [1.29, 1.82) is 0 Å². The summed E-state index contributed by atoms with van der Waals surface area (Å²) in [4.78, 5) is 37.0. The highest BCUT2D eigenvalue weighted by Gasteiger charge is 2.33. The number of piperidine rings is 1. The number of imide groups is 1. The number of aliphatic hydroxyl groups is 1. The second kappa shape index (κ2) is 6.52. The first kappa shape index (κ1) is 15.2. The molecule has 3 amide bonds. The number of likely N-dealkylation sites (tertiary alicyclic amines) is 1. The zero-order chi connectivity index (χ0) is 15.4. The highest BCUT2D eigenvalue weighted by atomic mass is 32.1. The number of nitrogens with one attached hydrogen (secondary N) is 1. The van der Waals surface area contributed by atoms with Crippen molar-refractivity contribution in [3.8, 4) is 11.8 Å². The van der Waals surface area contributed by atoms with Gasteiger partial charge in [0.15, 0.2) is 0 Å². The van der Waals surface area contributed by atoms with Crippen molar-refractivity contribution in [3.63, 3.8) is 0 Å². The third-order valence-electron chi connectivity index (χ3n) is 3.13. The molecule has 1 fully saturated rings. The first-order valence-corrected chi connectivity index (χ1v) is 7.21. The molecule has 110 valence electrons. The molecular weight excluding hydrogens is 292 g/mol. The van der Waals surface area contributed by atoms with Crippen molar-refractivity contribution in [2.75, 3.05) is 13.7 Å². The fourth-order valence-corrected chi connectivity index (χ4v) is 2.74. The molecule has 1 atom stereocenters. The number of thiophene rings is 1. The van der Waals surface area contributed by atoms with Crippen LogP contribution in [-0.2, 0) is 9.59 Å². The van der Waals surface area contributed by atoms with E-state index in [0.717, 1.165) is 4.90 Å². The molecule has 1 aliphatic rings. The second-order valence-corrected chi connectivity index (χ2v) is 5.40. The Morgan fingerprint density at radius 2 is 2.33 bits per heavy atom. The number of rotatable bonds is 2. The Morgan fingerprint density at radius 3 is 3.05 bits per heavy atom. The fourth-order valence-electron chi connectivity index (χ4n) is 1.99. The molecule has 6 nitrogen and oxygen atoms in total. The van der Waals surface area contributed by atoms with E-state index in [-0.39, 0.29) is 18.9 Å². The molecule has 0 saturated carbocycles. The molecule has 21 heavy (non-hydrogen) atoms. The molecule has 1 aromatic rings. The zero-order valence-corrected chi connectivity index (χ0v) is 12.2. The zero-order valence-electron chi connectivity index (χ0n) is 11.4. The van der Waals surface area contributed by atoms with Gasteiger partial charge in [-0.3, -0.25) is 19.3 Å². The third kappa shape index (κ3) is 3.29. The van der Waals surface area contributed by atoms with E-state index in [2.05, 4.69) is 17.2 Å². The van der Waals surface area contributed by atoms with Gasteiger partial charge < -0.3 is 10.4 Å². The maximum Gasteiger partial charge on any atom is 0.263 e. The number of carbonyl (C=O) groups is 3. The van der Waals surface area contributed by atoms with Crippen molar-refractivity contribution in [2.24, 2.45) is 0 Å². The van der Waals surface area contributed by atoms with Gasteiger partial charge in [-0.15, -0.1) is 11.3 Å². The molecule has 1 saturated heterocycles. The van der Waals surface area contributed by atoms with Gasteiger partial charge >= 0.3 is 0 Å². The smallest absolute Gasteiger partial charge is 0.263 e. The van der Waals surface area contributed by atoms with Gasteiger partial charge in [0.25, 0.3) is 11.8 Å². The van der Waals surface area contributed by atoms with Gasteiger partial charge in [0, 0.05) is 19.0 Å². The standard InChI is InChI=1S/C14H14N2O4S/c1-16-11(18)5-4-10(14(16)20)15-13(19)12-9(3-2-7-17)6-8-21-12/h6,8,10,17H,4-5,7H2,1H3,(H,15,19). The van der Waals surface area contributed by atoms with Crippen molar-refractivity contribution in [2.45, 2.75) is 18.9 Å². The summed E-state index contributed by atoms with van der Waals surface area (Å²) in [5.74, 6) is 4.13. The Kier molecular flexibility index (Phi) is 4.73. The van der Waals surface area contributed by atoms with Crippen LogP contribution in [0, 0.1) is 11.8 Å². The van der Waals surface area contributed by atoms with Crippen molar-refractivity contribution < 1.29 is 19.5 Å². The Hall–Kier alpha value is -2.17. The molecule has 1 aromatic heterocycles. The third-order valence-corrected chi connectivity index (χ3v) is 4.04. The van der Waals surface area contributed by atoms with E-state index < -0.39 is 17.9 Å². The summed E-state index contributed by atoms with van der Waals surface area (Å²) in [5.41, 5.74) is 0.513. The van der Waals surface area contributed by atoms with Gasteiger partial charge in [0.2, 0.25) is 5.91 Å². The first-order valence-electron chi connectivity index (χ1n) is 6.33. The highest BCUT2D eigenvalue weighted by Crippen LogP contribution is 2.17. The molecule has 0 bridgehead atoms. The van der Waals surface area contributed by atoms with Crippen LogP contribution in [0.5, 0.6) is 0 Å². The summed E-state index contributed by atoms with van der Waals surface area (Å²) < 4.78 is 0. The predicted molar refractivity (Wildman–Crippen MR) is 76.5 cm³/mol. The maximum atomic E-state index is 12.2. The second-order valence-electron chi connectivity index (χ2n) is 4.48. The quantitative estimate of drug-likeness (QED) is 0.593. The van der Waals surface area contributed by atoms with Crippen LogP contribution in [0.2, 0.25) is 0 Å². The molecule has 0 spiro atoms. The lowest BCUT2D eigenvalue weighted by atomic mass is 10.0. The molecule has 0 radical (unpaired) electrons. The van der Waals surface area contributed by atoms with Gasteiger partial charge in [-0.05, 0) is 17.9 Å². The molecule has 2 heterocycles. The van der Waals surface area contributed by atoms with E-state index in [4.69, 9.17) is 5.11 Å². The van der Waals surface area contributed by atoms with Gasteiger partial charge in [-0.1, -0.05) is 11.8 Å². The number of hydrogen-bond donors (Lipinski definition) is 2. The van der Waals surface area contributed by atoms with E-state index in [1.165, 1.54) is 18.4 Å². The van der Waals surface area contributed by atoms with E-state index >= 15 is 0 Å². The molecule has 1 aliphatic heterocycles. The van der Waals surface area contributed by atoms with Gasteiger partial charge in [-0.2, -0.15) is 0 Å². The van der Waals surface area contributed by atoms with Crippen LogP contribution in [0.3, 0.4) is 0 Å². The summed E-state index contributed by atoms with van der Waals surface area (Å²) in [6, 6.07) is 0.988. The van der Waals surface area contributed by atoms with Crippen LogP contribution >= 0.6 is 11.3 Å². The van der Waals surface area contributed by atoms with Crippen LogP contribution in [0.15, 0.2) is 11.4 Å². The van der Waals surface area contributed by atoms with Crippen LogP contribution in [-0.4, -0.2) is 47.4 Å². The molecule has 2 N–H and O–H groups in total. The van der Waals surface area contributed by atoms with Crippen LogP contribution < -0.4 is 5.32 Å². The highest BCUT2D eigenvalue weighted by molar-refractivity contribution is 7.12. The first-order chi connectivity index (χ1) is 10.0. The molecular formula is C14H14N2O4S. The number of likely N-dealkylation sites (N-methyl/N-ethyl adjacent to an activating group) is 1. The van der Waals surface area contributed by atoms with E-state index in [1.807, 2.05) is 0 Å². The fraction of sp³-hybridized carbons (Fsp3) is 0.357. The van der Waals surface area contributed by atoms with Crippen molar-refractivity contribution in [3.05, 3.63) is 21.9 Å². The van der Waals surface area contributed by atoms with E-state index in [1.54, 1.807) is 11.4 Å². The monoisotopic (exact) mass is 306 g/mol. The van der Waals surface area contributed by atoms with Gasteiger partial charge in [0.05, 0.1) is 0 Å². The lowest BCUT2D eigenvalue weighted by Gasteiger charge is -2.28. The van der Waals surface area contributed by atoms with Crippen LogP contribution in [0.25, 0.3) is 0 Å². The Balaban J connectivity index is 2.10. The number of carbonyl (C=O) groups excluding carboxylic acids is 3. The number of nitrogens with zero attached hydrogens (tertiary/aromatic N) is 1. The van der Waals surface area contributed by atoms with Gasteiger partial charge in [0.1, 0.15) is 17.5 Å². The Morgan fingerprint density at radius 1 is 1.57 bits per heavy atom. The summed E-state index contributed by atoms with van der Waals surface area (Å²) in [6.45, 7) is -0.287. The van der Waals surface area contributed by atoms with Crippen molar-refractivity contribution in [1.82, 2.24) is 10.2 Å². The minimum atomic E-state index is -0.694. The Bertz CT molecular complexity index is 641. The maximum absolute atomic E-state index is 12.2. The van der Waals surface area contributed by atoms with Crippen LogP contribution in [0.1, 0.15) is 28.1 Å². The number of amides is 3. The van der Waals surface area contributed by atoms with E-state index in [0.29, 0.717) is 16.9 Å². The molecule has 0 aromatic carbocycles. The predicted octanol–water partition coefficient (Wildman–Crippen LogP) is -0.0309. The molecule has 0 aliphatic carbocycles. The average Bonchev–Trinajstić information content (AvgIpc) is 2.94. The Labute approximate surface area is 125 Å². The summed E-state index contributed by atoms with van der Waals surface area (Å²) in [6.07, 6.45) is 0.533. The summed E-state index contributed by atoms with van der Waals surface area (Å²) in [7, 11) is 1.41. The summed E-state index contributed by atoms with van der Waals surface area (Å²) in [5, 5.41) is 13.0. The normalized spacial score (nSPS) is 18.2. The minimum Gasteiger partial charge on any atom is -0.384 e. The lowest BCUT2D eigenvalue weighted by Crippen LogP contribution is -2.52. The van der Waals surface area contributed by atoms with Crippen molar-refractivity contribution >= 4 is 29.1 Å². The average molecular weight is 306 g/mol. The summed E-state index contributed by atoms with van der Waals surface area (Å²) >= 11 is 1.21. The molecule has 2 rings (SSSR count). The lowest BCUT2D eigenvalue weighted by molar-refractivity contribution is -0.147. The molecule has 7 heteroatoms. The van der Waals surface area contributed by atoms with Gasteiger partial charge in [-0.25, -0.2) is 0 Å². The minimum absolute atomic E-state index is 0.231. The molecule has 1 unspecified atom stereocenters. The number of aliphatic hydroxyl groups excluding tert-OH is 1. The number of hydrogen-bond acceptors (Lipinski definition) is 5. The SMILES string of the molecule is CN1C(=O)CCC(NC(=O)c2sccc2C#CCO)C1=O. The largest absolute Gasteiger partial charge is 0.384 e.